The minimum absolute atomic E-state index is 0.188. The molecule has 4 nitrogen and oxygen atoms in total. The summed E-state index contributed by atoms with van der Waals surface area (Å²) in [5, 5.41) is 3.28. The number of alkyl halides is 2. The molecule has 1 N–H and O–H groups in total. The zero-order chi connectivity index (χ0) is 12.7. The van der Waals surface area contributed by atoms with E-state index in [0.717, 1.165) is 0 Å². The number of anilines is 1. The van der Waals surface area contributed by atoms with Gasteiger partial charge in [-0.2, -0.15) is 0 Å². The first-order valence-electron chi connectivity index (χ1n) is 5.25. The third-order valence-electron chi connectivity index (χ3n) is 1.85. The van der Waals surface area contributed by atoms with Gasteiger partial charge >= 0.3 is 0 Å². The van der Waals surface area contributed by atoms with Gasteiger partial charge in [0.1, 0.15) is 23.4 Å². The summed E-state index contributed by atoms with van der Waals surface area (Å²) in [4.78, 5) is 8.18. The molecule has 0 aliphatic heterocycles. The van der Waals surface area contributed by atoms with Crippen molar-refractivity contribution in [3.8, 4) is 0 Å². The van der Waals surface area contributed by atoms with Gasteiger partial charge < -0.3 is 10.1 Å². The van der Waals surface area contributed by atoms with Gasteiger partial charge in [0.25, 0.3) is 6.43 Å². The van der Waals surface area contributed by atoms with E-state index in [-0.39, 0.29) is 6.61 Å². The number of ether oxygens (including phenoxy) is 1. The first kappa shape index (κ1) is 14.1. The van der Waals surface area contributed by atoms with Crippen molar-refractivity contribution in [2.45, 2.75) is 19.8 Å². The Bertz CT molecular complexity index is 352. The lowest BCUT2D eigenvalue weighted by Gasteiger charge is -2.07. The Morgan fingerprint density at radius 1 is 1.47 bits per heavy atom. The van der Waals surface area contributed by atoms with Crippen LogP contribution >= 0.6 is 11.6 Å². The van der Waals surface area contributed by atoms with Gasteiger partial charge in [-0.05, 0) is 0 Å². The van der Waals surface area contributed by atoms with Crippen LogP contribution < -0.4 is 5.32 Å². The van der Waals surface area contributed by atoms with Crippen molar-refractivity contribution in [3.63, 3.8) is 0 Å². The minimum Gasteiger partial charge on any atom is -0.374 e. The van der Waals surface area contributed by atoms with E-state index < -0.39 is 13.0 Å². The van der Waals surface area contributed by atoms with Crippen LogP contribution in [0.2, 0.25) is 5.15 Å². The highest BCUT2D eigenvalue weighted by atomic mass is 35.5. The summed E-state index contributed by atoms with van der Waals surface area (Å²) in [6.45, 7) is 1.95. The van der Waals surface area contributed by atoms with Crippen molar-refractivity contribution >= 4 is 17.4 Å². The first-order valence-corrected chi connectivity index (χ1v) is 5.62. The maximum Gasteiger partial charge on any atom is 0.261 e. The SMILES string of the molecule is CCc1nc(Cl)cc(NCCOCC(F)F)n1. The fourth-order valence-corrected chi connectivity index (χ4v) is 1.34. The Balaban J connectivity index is 2.33. The van der Waals surface area contributed by atoms with Gasteiger partial charge in [-0.1, -0.05) is 18.5 Å². The van der Waals surface area contributed by atoms with E-state index in [0.29, 0.717) is 29.8 Å². The molecule has 96 valence electrons. The number of aromatic nitrogens is 2. The molecule has 0 aromatic carbocycles. The van der Waals surface area contributed by atoms with E-state index in [4.69, 9.17) is 16.3 Å². The topological polar surface area (TPSA) is 47.0 Å². The standard InChI is InChI=1S/C10H14ClF2N3O/c1-2-9-15-7(11)5-10(16-9)14-3-4-17-6-8(12)13/h5,8H,2-4,6H2,1H3,(H,14,15,16). The van der Waals surface area contributed by atoms with Crippen LogP contribution in [-0.2, 0) is 11.2 Å². The molecule has 0 fully saturated rings. The van der Waals surface area contributed by atoms with Crippen LogP contribution in [0.3, 0.4) is 0 Å². The molecule has 0 amide bonds. The average Bonchev–Trinajstić information content (AvgIpc) is 2.27. The molecule has 0 atom stereocenters. The highest BCUT2D eigenvalue weighted by Crippen LogP contribution is 2.11. The molecular weight excluding hydrogens is 252 g/mol. The number of rotatable bonds is 7. The summed E-state index contributed by atoms with van der Waals surface area (Å²) in [5.74, 6) is 1.20. The van der Waals surface area contributed by atoms with Gasteiger partial charge in [0.15, 0.2) is 0 Å². The maximum absolute atomic E-state index is 11.8. The monoisotopic (exact) mass is 265 g/mol. The van der Waals surface area contributed by atoms with Crippen molar-refractivity contribution in [2.24, 2.45) is 0 Å². The van der Waals surface area contributed by atoms with E-state index in [9.17, 15) is 8.78 Å². The quantitative estimate of drug-likeness (QED) is 0.607. The molecule has 1 rings (SSSR count). The molecule has 1 aromatic rings. The van der Waals surface area contributed by atoms with Gasteiger partial charge in [-0.25, -0.2) is 18.7 Å². The number of hydrogen-bond acceptors (Lipinski definition) is 4. The van der Waals surface area contributed by atoms with Crippen LogP contribution in [0.1, 0.15) is 12.7 Å². The van der Waals surface area contributed by atoms with Crippen LogP contribution in [0, 0.1) is 0 Å². The Kier molecular flexibility index (Phi) is 6.07. The van der Waals surface area contributed by atoms with Crippen LogP contribution in [0.15, 0.2) is 6.07 Å². The van der Waals surface area contributed by atoms with Crippen LogP contribution in [0.25, 0.3) is 0 Å². The summed E-state index contributed by atoms with van der Waals surface area (Å²) in [5.41, 5.74) is 0. The Morgan fingerprint density at radius 2 is 2.24 bits per heavy atom. The van der Waals surface area contributed by atoms with Crippen molar-refractivity contribution in [2.75, 3.05) is 25.1 Å². The van der Waals surface area contributed by atoms with E-state index in [2.05, 4.69) is 15.3 Å². The Hall–Kier alpha value is -1.01. The van der Waals surface area contributed by atoms with Gasteiger partial charge in [-0.3, -0.25) is 0 Å². The highest BCUT2D eigenvalue weighted by Gasteiger charge is 2.03. The number of hydrogen-bond donors (Lipinski definition) is 1. The molecule has 0 saturated heterocycles. The van der Waals surface area contributed by atoms with Gasteiger partial charge in [0.2, 0.25) is 0 Å². The fraction of sp³-hybridized carbons (Fsp3) is 0.600. The predicted octanol–water partition coefficient (Wildman–Crippen LogP) is 2.39. The van der Waals surface area contributed by atoms with Gasteiger partial charge in [-0.15, -0.1) is 0 Å². The van der Waals surface area contributed by atoms with E-state index >= 15 is 0 Å². The zero-order valence-electron chi connectivity index (χ0n) is 9.42. The molecule has 0 radical (unpaired) electrons. The average molecular weight is 266 g/mol. The molecule has 0 aliphatic carbocycles. The van der Waals surface area contributed by atoms with E-state index in [1.165, 1.54) is 0 Å². The summed E-state index contributed by atoms with van der Waals surface area (Å²) in [6, 6.07) is 1.58. The van der Waals surface area contributed by atoms with Crippen LogP contribution in [-0.4, -0.2) is 36.2 Å². The third kappa shape index (κ3) is 5.74. The van der Waals surface area contributed by atoms with E-state index in [1.54, 1.807) is 6.07 Å². The number of aryl methyl sites for hydroxylation is 1. The maximum atomic E-state index is 11.8. The Labute approximate surface area is 103 Å². The van der Waals surface area contributed by atoms with Crippen molar-refractivity contribution in [3.05, 3.63) is 17.0 Å². The lowest BCUT2D eigenvalue weighted by Crippen LogP contribution is -2.14. The van der Waals surface area contributed by atoms with Gasteiger partial charge in [0, 0.05) is 19.0 Å². The Morgan fingerprint density at radius 3 is 2.88 bits per heavy atom. The first-order chi connectivity index (χ1) is 8.11. The second-order valence-corrected chi connectivity index (χ2v) is 3.63. The van der Waals surface area contributed by atoms with Crippen molar-refractivity contribution in [1.29, 1.82) is 0 Å². The molecule has 0 aliphatic rings. The lowest BCUT2D eigenvalue weighted by atomic mass is 10.4. The van der Waals surface area contributed by atoms with Gasteiger partial charge in [0.05, 0.1) is 6.61 Å². The van der Waals surface area contributed by atoms with Crippen LogP contribution in [0.4, 0.5) is 14.6 Å². The zero-order valence-corrected chi connectivity index (χ0v) is 10.2. The van der Waals surface area contributed by atoms with Crippen molar-refractivity contribution in [1.82, 2.24) is 9.97 Å². The summed E-state index contributed by atoms with van der Waals surface area (Å²) >= 11 is 5.79. The summed E-state index contributed by atoms with van der Waals surface area (Å²) in [6.07, 6.45) is -1.76. The molecule has 1 aromatic heterocycles. The molecule has 0 spiro atoms. The summed E-state index contributed by atoms with van der Waals surface area (Å²) < 4.78 is 28.2. The highest BCUT2D eigenvalue weighted by molar-refractivity contribution is 6.29. The second-order valence-electron chi connectivity index (χ2n) is 3.24. The molecule has 7 heteroatoms. The normalized spacial score (nSPS) is 10.9. The molecular formula is C10H14ClF2N3O. The smallest absolute Gasteiger partial charge is 0.261 e. The largest absolute Gasteiger partial charge is 0.374 e. The molecule has 0 saturated carbocycles. The minimum atomic E-state index is -2.44. The summed E-state index contributed by atoms with van der Waals surface area (Å²) in [7, 11) is 0. The van der Waals surface area contributed by atoms with Crippen molar-refractivity contribution < 1.29 is 13.5 Å². The second kappa shape index (κ2) is 7.34. The number of nitrogens with one attached hydrogen (secondary N) is 1. The van der Waals surface area contributed by atoms with E-state index in [1.807, 2.05) is 6.92 Å². The number of halogens is 3. The molecule has 0 bridgehead atoms. The third-order valence-corrected chi connectivity index (χ3v) is 2.05. The lowest BCUT2D eigenvalue weighted by molar-refractivity contribution is 0.0215. The fourth-order valence-electron chi connectivity index (χ4n) is 1.14. The predicted molar refractivity (Wildman–Crippen MR) is 61.7 cm³/mol. The number of nitrogens with zero attached hydrogens (tertiary/aromatic N) is 2. The van der Waals surface area contributed by atoms with Crippen LogP contribution in [0.5, 0.6) is 0 Å². The molecule has 17 heavy (non-hydrogen) atoms. The molecule has 1 heterocycles. The molecule has 0 unspecified atom stereocenters.